The fraction of sp³-hybridized carbons (Fsp3) is 0.500. The van der Waals surface area contributed by atoms with Gasteiger partial charge in [-0.15, -0.1) is 0 Å². The lowest BCUT2D eigenvalue weighted by Gasteiger charge is -2.32. The molecule has 1 amide bonds. The molecule has 9 heteroatoms. The number of amides is 1. The molecule has 0 radical (unpaired) electrons. The second-order valence-corrected chi connectivity index (χ2v) is 14.2. The number of anilines is 3. The third kappa shape index (κ3) is 5.50. The van der Waals surface area contributed by atoms with Crippen LogP contribution in [0.4, 0.5) is 17.1 Å². The van der Waals surface area contributed by atoms with Crippen LogP contribution < -0.4 is 15.3 Å². The van der Waals surface area contributed by atoms with Gasteiger partial charge in [0.2, 0.25) is 5.91 Å². The molecule has 0 spiro atoms. The molecule has 1 aliphatic carbocycles. The minimum atomic E-state index is -0.413. The molecule has 0 N–H and O–H groups in total. The van der Waals surface area contributed by atoms with Crippen LogP contribution in [0.15, 0.2) is 71.9 Å². The van der Waals surface area contributed by atoms with Gasteiger partial charge in [0.25, 0.3) is 0 Å². The highest BCUT2D eigenvalue weighted by atomic mass is 16.7. The average Bonchev–Trinajstić information content (AvgIpc) is 3.54. The average molecular weight is 582 g/mol. The molecule has 0 bridgehead atoms. The first-order valence-electron chi connectivity index (χ1n) is 15.6. The SMILES string of the molecule is CC1(C)OB(C2=CC=C(N(c3ccc(B4OC(C)(C)C(C)(C)O4)cc3)c3ccc(N4CCCC4=O)cc3)CC2)OC1(C)C. The number of hydrogen-bond donors (Lipinski definition) is 0. The minimum absolute atomic E-state index is 0.193. The molecule has 3 aliphatic heterocycles. The van der Waals surface area contributed by atoms with E-state index in [-0.39, 0.29) is 24.2 Å². The van der Waals surface area contributed by atoms with Crippen LogP contribution in [0.25, 0.3) is 0 Å². The van der Waals surface area contributed by atoms with E-state index in [1.54, 1.807) is 0 Å². The molecular formula is C34H44B2N2O5. The molecule has 226 valence electrons. The molecule has 3 heterocycles. The fourth-order valence-corrected chi connectivity index (χ4v) is 5.96. The van der Waals surface area contributed by atoms with Gasteiger partial charge in [0.05, 0.1) is 22.4 Å². The maximum Gasteiger partial charge on any atom is 0.494 e. The molecule has 43 heavy (non-hydrogen) atoms. The predicted octanol–water partition coefficient (Wildman–Crippen LogP) is 6.49. The Morgan fingerprint density at radius 2 is 1.16 bits per heavy atom. The molecule has 3 saturated heterocycles. The molecule has 0 saturated carbocycles. The summed E-state index contributed by atoms with van der Waals surface area (Å²) in [4.78, 5) is 16.5. The smallest absolute Gasteiger partial charge is 0.400 e. The summed E-state index contributed by atoms with van der Waals surface area (Å²) in [6, 6.07) is 16.8. The van der Waals surface area contributed by atoms with Gasteiger partial charge in [-0.25, -0.2) is 0 Å². The van der Waals surface area contributed by atoms with E-state index >= 15 is 0 Å². The van der Waals surface area contributed by atoms with Gasteiger partial charge >= 0.3 is 14.2 Å². The van der Waals surface area contributed by atoms with Crippen LogP contribution in [0.5, 0.6) is 0 Å². The third-order valence-electron chi connectivity index (χ3n) is 10.2. The second kappa shape index (κ2) is 10.7. The summed E-state index contributed by atoms with van der Waals surface area (Å²) in [6.45, 7) is 17.4. The number of benzene rings is 2. The van der Waals surface area contributed by atoms with E-state index in [9.17, 15) is 4.79 Å². The normalized spacial score (nSPS) is 23.9. The minimum Gasteiger partial charge on any atom is -0.400 e. The van der Waals surface area contributed by atoms with E-state index in [0.717, 1.165) is 53.8 Å². The highest BCUT2D eigenvalue weighted by Gasteiger charge is 2.53. The second-order valence-electron chi connectivity index (χ2n) is 14.2. The Labute approximate surface area is 257 Å². The molecule has 2 aromatic rings. The van der Waals surface area contributed by atoms with Crippen molar-refractivity contribution in [2.24, 2.45) is 0 Å². The van der Waals surface area contributed by atoms with Crippen molar-refractivity contribution < 1.29 is 23.4 Å². The van der Waals surface area contributed by atoms with Gasteiger partial charge in [0.1, 0.15) is 0 Å². The standard InChI is InChI=1S/C34H44B2N2O5/c1-31(2)32(3,4)41-35(40-31)24-11-15-27(16-12-24)38(29-21-19-26(20-22-29)37-23-9-10-30(37)39)28-17-13-25(14-18-28)36-42-33(5,6)34(7,8)43-36/h11-13,15-17,19-22H,9-10,14,18,23H2,1-8H3. The molecule has 4 aliphatic rings. The number of rotatable bonds is 6. The van der Waals surface area contributed by atoms with Gasteiger partial charge in [-0.2, -0.15) is 0 Å². The zero-order valence-corrected chi connectivity index (χ0v) is 26.9. The van der Waals surface area contributed by atoms with Crippen LogP contribution in [0, 0.1) is 0 Å². The van der Waals surface area contributed by atoms with E-state index in [1.807, 2.05) is 4.90 Å². The quantitative estimate of drug-likeness (QED) is 0.364. The molecular weight excluding hydrogens is 538 g/mol. The van der Waals surface area contributed by atoms with Crippen LogP contribution >= 0.6 is 0 Å². The maximum atomic E-state index is 12.4. The highest BCUT2D eigenvalue weighted by molar-refractivity contribution is 6.62. The first kappa shape index (κ1) is 30.2. The van der Waals surface area contributed by atoms with Crippen molar-refractivity contribution >= 4 is 42.7 Å². The molecule has 6 rings (SSSR count). The highest BCUT2D eigenvalue weighted by Crippen LogP contribution is 2.42. The number of nitrogens with zero attached hydrogens (tertiary/aromatic N) is 2. The first-order valence-corrected chi connectivity index (χ1v) is 15.6. The summed E-state index contributed by atoms with van der Waals surface area (Å²) in [7, 11) is -0.753. The third-order valence-corrected chi connectivity index (χ3v) is 10.2. The maximum absolute atomic E-state index is 12.4. The Balaban J connectivity index is 1.30. The van der Waals surface area contributed by atoms with E-state index in [2.05, 4.69) is 121 Å². The van der Waals surface area contributed by atoms with Gasteiger partial charge < -0.3 is 28.4 Å². The lowest BCUT2D eigenvalue weighted by atomic mass is 9.73. The van der Waals surface area contributed by atoms with Gasteiger partial charge in [0, 0.05) is 35.7 Å². The van der Waals surface area contributed by atoms with Crippen LogP contribution in [-0.4, -0.2) is 49.1 Å². The van der Waals surface area contributed by atoms with Gasteiger partial charge in [-0.1, -0.05) is 18.2 Å². The van der Waals surface area contributed by atoms with Crippen LogP contribution in [0.1, 0.15) is 81.1 Å². The Kier molecular flexibility index (Phi) is 7.48. The number of hydrogen-bond acceptors (Lipinski definition) is 6. The Bertz CT molecular complexity index is 1410. The fourth-order valence-electron chi connectivity index (χ4n) is 5.96. The Morgan fingerprint density at radius 1 is 0.651 bits per heavy atom. The van der Waals surface area contributed by atoms with Crippen LogP contribution in [-0.2, 0) is 23.4 Å². The largest absolute Gasteiger partial charge is 0.494 e. The molecule has 0 aromatic heterocycles. The van der Waals surface area contributed by atoms with Gasteiger partial charge in [-0.3, -0.25) is 4.79 Å². The van der Waals surface area contributed by atoms with Gasteiger partial charge in [0.15, 0.2) is 0 Å². The van der Waals surface area contributed by atoms with Crippen molar-refractivity contribution in [1.82, 2.24) is 0 Å². The lowest BCUT2D eigenvalue weighted by Crippen LogP contribution is -2.41. The van der Waals surface area contributed by atoms with Gasteiger partial charge in [-0.05, 0) is 128 Å². The molecule has 0 unspecified atom stereocenters. The van der Waals surface area contributed by atoms with E-state index in [0.29, 0.717) is 6.42 Å². The van der Waals surface area contributed by atoms with Crippen molar-refractivity contribution in [3.63, 3.8) is 0 Å². The number of carbonyl (C=O) groups is 1. The molecule has 2 aromatic carbocycles. The number of carbonyl (C=O) groups excluding carboxylic acids is 1. The van der Waals surface area contributed by atoms with E-state index < -0.39 is 18.3 Å². The van der Waals surface area contributed by atoms with E-state index in [4.69, 9.17) is 18.6 Å². The van der Waals surface area contributed by atoms with Crippen molar-refractivity contribution in [3.8, 4) is 0 Å². The summed E-state index contributed by atoms with van der Waals surface area (Å²) < 4.78 is 25.3. The van der Waals surface area contributed by atoms with Crippen molar-refractivity contribution in [2.75, 3.05) is 16.3 Å². The molecule has 3 fully saturated rings. The lowest BCUT2D eigenvalue weighted by molar-refractivity contribution is -0.117. The Hall–Kier alpha value is -2.84. The van der Waals surface area contributed by atoms with Crippen molar-refractivity contribution in [2.45, 2.75) is 103 Å². The molecule has 7 nitrogen and oxygen atoms in total. The van der Waals surface area contributed by atoms with Crippen LogP contribution in [0.3, 0.4) is 0 Å². The summed E-state index contributed by atoms with van der Waals surface area (Å²) >= 11 is 0. The molecule has 0 atom stereocenters. The summed E-state index contributed by atoms with van der Waals surface area (Å²) in [6.07, 6.45) is 7.54. The van der Waals surface area contributed by atoms with E-state index in [1.165, 1.54) is 5.70 Å². The zero-order valence-electron chi connectivity index (χ0n) is 26.9. The monoisotopic (exact) mass is 582 g/mol. The van der Waals surface area contributed by atoms with Crippen molar-refractivity contribution in [1.29, 1.82) is 0 Å². The van der Waals surface area contributed by atoms with Crippen LogP contribution in [0.2, 0.25) is 0 Å². The summed E-state index contributed by atoms with van der Waals surface area (Å²) in [5, 5.41) is 0. The summed E-state index contributed by atoms with van der Waals surface area (Å²) in [5.41, 5.74) is 4.83. The topological polar surface area (TPSA) is 60.5 Å². The van der Waals surface area contributed by atoms with Crippen molar-refractivity contribution in [3.05, 3.63) is 71.9 Å². The predicted molar refractivity (Wildman–Crippen MR) is 174 cm³/mol. The summed E-state index contributed by atoms with van der Waals surface area (Å²) in [5.74, 6) is 0.193. The first-order chi connectivity index (χ1) is 20.2. The zero-order chi connectivity index (χ0) is 30.8. The number of allylic oxidation sites excluding steroid dienone is 4. The Morgan fingerprint density at radius 3 is 1.63 bits per heavy atom.